The molecule has 0 saturated heterocycles. The SMILES string of the molecule is N#C/C(C(N)=O)=c1/cc2c(c3ccccc13)=NC13CCCCC1C(c1ccccc1)C=C(c1ccccc1)N23. The van der Waals surface area contributed by atoms with Crippen LogP contribution in [0.4, 0.5) is 5.69 Å². The summed E-state index contributed by atoms with van der Waals surface area (Å²) >= 11 is 0. The van der Waals surface area contributed by atoms with E-state index in [-0.39, 0.29) is 17.4 Å². The van der Waals surface area contributed by atoms with Crippen molar-refractivity contribution in [3.63, 3.8) is 0 Å². The number of amides is 1. The van der Waals surface area contributed by atoms with E-state index in [9.17, 15) is 10.1 Å². The second kappa shape index (κ2) is 8.96. The molecule has 3 aliphatic rings. The summed E-state index contributed by atoms with van der Waals surface area (Å²) in [5, 5.41) is 13.2. The van der Waals surface area contributed by atoms with Crippen molar-refractivity contribution in [1.29, 1.82) is 5.26 Å². The molecule has 3 unspecified atom stereocenters. The van der Waals surface area contributed by atoms with E-state index in [2.05, 4.69) is 71.6 Å². The lowest BCUT2D eigenvalue weighted by Crippen LogP contribution is -2.55. The molecule has 39 heavy (non-hydrogen) atoms. The molecule has 0 radical (unpaired) electrons. The van der Waals surface area contributed by atoms with Crippen LogP contribution < -0.4 is 21.2 Å². The van der Waals surface area contributed by atoms with E-state index < -0.39 is 11.6 Å². The van der Waals surface area contributed by atoms with E-state index in [1.165, 1.54) is 12.0 Å². The van der Waals surface area contributed by atoms with Crippen LogP contribution in [0.15, 0.2) is 102 Å². The molecular formula is C34H28N4O. The Morgan fingerprint density at radius 3 is 2.36 bits per heavy atom. The molecular weight excluding hydrogens is 480 g/mol. The highest BCUT2D eigenvalue weighted by Crippen LogP contribution is 2.56. The van der Waals surface area contributed by atoms with Crippen LogP contribution in [-0.4, -0.2) is 11.6 Å². The van der Waals surface area contributed by atoms with Crippen molar-refractivity contribution in [2.75, 3.05) is 4.90 Å². The van der Waals surface area contributed by atoms with Gasteiger partial charge < -0.3 is 10.6 Å². The molecule has 1 fully saturated rings. The summed E-state index contributed by atoms with van der Waals surface area (Å²) in [5.41, 5.74) is 9.70. The number of allylic oxidation sites excluding steroid dienone is 1. The third kappa shape index (κ3) is 3.45. The number of nitrogens with zero attached hydrogens (tertiary/aromatic N) is 3. The quantitative estimate of drug-likeness (QED) is 0.415. The first-order chi connectivity index (χ1) is 19.1. The standard InChI is InChI=1S/C34H28N4O/c35-21-28(33(36)39)27-20-31-32(25-16-8-7-15-24(25)27)37-34-18-10-9-17-29(34)26(22-11-3-1-4-12-22)19-30(38(31)34)23-13-5-2-6-14-23/h1-8,11-16,19-20,26,29H,9-10,17-18H2,(H2,36,39)/b28-27+. The van der Waals surface area contributed by atoms with Gasteiger partial charge in [-0.15, -0.1) is 0 Å². The van der Waals surface area contributed by atoms with Crippen LogP contribution in [0.25, 0.3) is 22.0 Å². The van der Waals surface area contributed by atoms with Crippen LogP contribution in [0.3, 0.4) is 0 Å². The number of fused-ring (bicyclic) bond motifs is 4. The summed E-state index contributed by atoms with van der Waals surface area (Å²) in [6.07, 6.45) is 6.70. The molecule has 4 aromatic rings. The first-order valence-electron chi connectivity index (χ1n) is 13.6. The van der Waals surface area contributed by atoms with E-state index in [1.54, 1.807) is 0 Å². The number of anilines is 1. The summed E-state index contributed by atoms with van der Waals surface area (Å²) in [6, 6.07) is 33.2. The predicted molar refractivity (Wildman–Crippen MR) is 154 cm³/mol. The summed E-state index contributed by atoms with van der Waals surface area (Å²) in [4.78, 5) is 20.5. The summed E-state index contributed by atoms with van der Waals surface area (Å²) in [5.74, 6) is -0.218. The van der Waals surface area contributed by atoms with Crippen LogP contribution in [0.5, 0.6) is 0 Å². The monoisotopic (exact) mass is 508 g/mol. The summed E-state index contributed by atoms with van der Waals surface area (Å²) in [7, 11) is 0. The number of hydrogen-bond donors (Lipinski definition) is 1. The molecule has 0 bridgehead atoms. The predicted octanol–water partition coefficient (Wildman–Crippen LogP) is 5.16. The molecule has 2 aliphatic heterocycles. The number of rotatable bonds is 3. The second-order valence-corrected chi connectivity index (χ2v) is 10.7. The Hall–Kier alpha value is -4.69. The maximum absolute atomic E-state index is 12.4. The Morgan fingerprint density at radius 2 is 1.64 bits per heavy atom. The maximum Gasteiger partial charge on any atom is 0.259 e. The van der Waals surface area contributed by atoms with Crippen molar-refractivity contribution >= 4 is 33.6 Å². The average Bonchev–Trinajstić information content (AvgIpc) is 3.31. The minimum atomic E-state index is -0.718. The first-order valence-corrected chi connectivity index (χ1v) is 13.6. The normalized spacial score (nSPS) is 24.0. The largest absolute Gasteiger partial charge is 0.365 e. The van der Waals surface area contributed by atoms with Crippen LogP contribution >= 0.6 is 0 Å². The maximum atomic E-state index is 12.4. The highest BCUT2D eigenvalue weighted by atomic mass is 16.1. The Morgan fingerprint density at radius 1 is 0.949 bits per heavy atom. The van der Waals surface area contributed by atoms with Gasteiger partial charge in [-0.2, -0.15) is 5.26 Å². The fourth-order valence-electron chi connectivity index (χ4n) is 7.13. The van der Waals surface area contributed by atoms with E-state index in [1.807, 2.05) is 36.4 Å². The van der Waals surface area contributed by atoms with Crippen molar-refractivity contribution in [2.24, 2.45) is 16.6 Å². The zero-order chi connectivity index (χ0) is 26.6. The van der Waals surface area contributed by atoms with Gasteiger partial charge in [-0.1, -0.05) is 97.4 Å². The van der Waals surface area contributed by atoms with Gasteiger partial charge in [0.25, 0.3) is 5.91 Å². The lowest BCUT2D eigenvalue weighted by atomic mass is 9.66. The van der Waals surface area contributed by atoms with Crippen LogP contribution in [0.1, 0.15) is 42.7 Å². The van der Waals surface area contributed by atoms with Crippen LogP contribution in [0, 0.1) is 17.2 Å². The molecule has 2 N–H and O–H groups in total. The van der Waals surface area contributed by atoms with Gasteiger partial charge in [-0.3, -0.25) is 9.79 Å². The van der Waals surface area contributed by atoms with Crippen LogP contribution in [0.2, 0.25) is 0 Å². The molecule has 1 amide bonds. The van der Waals surface area contributed by atoms with Gasteiger partial charge in [-0.05, 0) is 41.8 Å². The van der Waals surface area contributed by atoms with Crippen LogP contribution in [-0.2, 0) is 4.79 Å². The van der Waals surface area contributed by atoms with Gasteiger partial charge in [0.2, 0.25) is 0 Å². The van der Waals surface area contributed by atoms with Gasteiger partial charge in [0, 0.05) is 28.1 Å². The zero-order valence-electron chi connectivity index (χ0n) is 21.5. The van der Waals surface area contributed by atoms with Gasteiger partial charge >= 0.3 is 0 Å². The van der Waals surface area contributed by atoms with Gasteiger partial charge in [0.1, 0.15) is 17.3 Å². The number of hydrogen-bond acceptors (Lipinski definition) is 4. The molecule has 2 heterocycles. The van der Waals surface area contributed by atoms with Gasteiger partial charge in [0.15, 0.2) is 0 Å². The Kier molecular flexibility index (Phi) is 5.38. The van der Waals surface area contributed by atoms with E-state index in [0.717, 1.165) is 52.3 Å². The lowest BCUT2D eigenvalue weighted by Gasteiger charge is -2.53. The molecule has 3 atom stereocenters. The number of nitriles is 1. The minimum Gasteiger partial charge on any atom is -0.365 e. The Balaban J connectivity index is 1.60. The number of carbonyl (C=O) groups is 1. The average molecular weight is 509 g/mol. The summed E-state index contributed by atoms with van der Waals surface area (Å²) < 4.78 is 0. The highest BCUT2D eigenvalue weighted by Gasteiger charge is 2.55. The number of primary amides is 1. The number of nitrogens with two attached hydrogens (primary N) is 1. The molecule has 5 nitrogen and oxygen atoms in total. The first kappa shape index (κ1) is 23.4. The van der Waals surface area contributed by atoms with Crippen molar-refractivity contribution in [3.05, 3.63) is 119 Å². The molecule has 1 aliphatic carbocycles. The van der Waals surface area contributed by atoms with Crippen molar-refractivity contribution in [2.45, 2.75) is 37.3 Å². The molecule has 5 heteroatoms. The van der Waals surface area contributed by atoms with Gasteiger partial charge in [-0.25, -0.2) is 0 Å². The Labute approximate surface area is 227 Å². The molecule has 4 aromatic carbocycles. The fourth-order valence-corrected chi connectivity index (χ4v) is 7.13. The molecule has 190 valence electrons. The topological polar surface area (TPSA) is 82.5 Å². The molecule has 7 rings (SSSR count). The third-order valence-electron chi connectivity index (χ3n) is 8.73. The lowest BCUT2D eigenvalue weighted by molar-refractivity contribution is -0.112. The van der Waals surface area contributed by atoms with Crippen molar-refractivity contribution in [3.8, 4) is 6.07 Å². The zero-order valence-corrected chi connectivity index (χ0v) is 21.5. The molecule has 1 saturated carbocycles. The third-order valence-corrected chi connectivity index (χ3v) is 8.73. The second-order valence-electron chi connectivity index (χ2n) is 10.7. The van der Waals surface area contributed by atoms with E-state index >= 15 is 0 Å². The van der Waals surface area contributed by atoms with Crippen molar-refractivity contribution < 1.29 is 4.79 Å². The van der Waals surface area contributed by atoms with Gasteiger partial charge in [0.05, 0.1) is 11.0 Å². The summed E-state index contributed by atoms with van der Waals surface area (Å²) in [6.45, 7) is 0. The fraction of sp³-hybridized carbons (Fsp3) is 0.206. The van der Waals surface area contributed by atoms with E-state index in [0.29, 0.717) is 5.22 Å². The molecule has 0 aromatic heterocycles. The smallest absolute Gasteiger partial charge is 0.259 e. The number of carbonyl (C=O) groups excluding carboxylic acids is 1. The molecule has 1 spiro atoms. The Bertz CT molecular complexity index is 1820. The highest BCUT2D eigenvalue weighted by molar-refractivity contribution is 6.19. The van der Waals surface area contributed by atoms with Crippen molar-refractivity contribution in [1.82, 2.24) is 0 Å². The van der Waals surface area contributed by atoms with E-state index in [4.69, 9.17) is 10.7 Å². The number of benzene rings is 4. The minimum absolute atomic E-state index is 0.0282.